The van der Waals surface area contributed by atoms with E-state index in [0.29, 0.717) is 30.6 Å². The Hall–Kier alpha value is -3.03. The molecule has 0 spiro atoms. The normalized spacial score (nSPS) is 19.6. The second-order valence-corrected chi connectivity index (χ2v) is 7.38. The summed E-state index contributed by atoms with van der Waals surface area (Å²) in [5.74, 6) is 1.67. The molecule has 5 rings (SSSR count). The molecule has 0 radical (unpaired) electrons. The summed E-state index contributed by atoms with van der Waals surface area (Å²) in [5.41, 5.74) is 2.45. The molecule has 3 aromatic rings. The van der Waals surface area contributed by atoms with E-state index in [2.05, 4.69) is 20.5 Å². The second kappa shape index (κ2) is 6.29. The summed E-state index contributed by atoms with van der Waals surface area (Å²) >= 11 is 0. The van der Waals surface area contributed by atoms with Crippen LogP contribution in [0.3, 0.4) is 0 Å². The van der Waals surface area contributed by atoms with Crippen LogP contribution in [0.4, 0.5) is 0 Å². The highest BCUT2D eigenvalue weighted by Gasteiger charge is 2.31. The van der Waals surface area contributed by atoms with Gasteiger partial charge in [-0.15, -0.1) is 5.10 Å². The zero-order chi connectivity index (χ0) is 18.4. The molecule has 27 heavy (non-hydrogen) atoms. The standard InChI is InChI=1S/C19H20N6O2/c1-12-2-4-14(5-3-12)19(26)24-9-8-15(10-24)25-11-16(21-23-25)18-20-17(22-27-18)13-6-7-13/h2-5,11,13,15H,6-10H2,1H3/t15-/m1/s1. The molecule has 1 aromatic carbocycles. The van der Waals surface area contributed by atoms with Gasteiger partial charge in [0.15, 0.2) is 11.5 Å². The van der Waals surface area contributed by atoms with Gasteiger partial charge in [0, 0.05) is 24.6 Å². The summed E-state index contributed by atoms with van der Waals surface area (Å²) in [5, 5.41) is 12.4. The van der Waals surface area contributed by atoms with Crippen molar-refractivity contribution in [3.05, 3.63) is 47.4 Å². The van der Waals surface area contributed by atoms with Crippen LogP contribution >= 0.6 is 0 Å². The van der Waals surface area contributed by atoms with Gasteiger partial charge in [-0.25, -0.2) is 4.68 Å². The lowest BCUT2D eigenvalue weighted by Gasteiger charge is -2.16. The van der Waals surface area contributed by atoms with Gasteiger partial charge in [0.1, 0.15) is 0 Å². The fourth-order valence-corrected chi connectivity index (χ4v) is 3.42. The molecule has 1 aliphatic heterocycles. The van der Waals surface area contributed by atoms with Gasteiger partial charge < -0.3 is 9.42 Å². The summed E-state index contributed by atoms with van der Waals surface area (Å²) in [6, 6.07) is 7.79. The number of amides is 1. The highest BCUT2D eigenvalue weighted by atomic mass is 16.5. The summed E-state index contributed by atoms with van der Waals surface area (Å²) in [4.78, 5) is 19.0. The van der Waals surface area contributed by atoms with Crippen LogP contribution in [0, 0.1) is 6.92 Å². The molecule has 2 aromatic heterocycles. The van der Waals surface area contributed by atoms with E-state index >= 15 is 0 Å². The fraction of sp³-hybridized carbons (Fsp3) is 0.421. The number of aryl methyl sites for hydroxylation is 1. The lowest BCUT2D eigenvalue weighted by molar-refractivity contribution is 0.0787. The van der Waals surface area contributed by atoms with Crippen molar-refractivity contribution in [3.8, 4) is 11.6 Å². The maximum absolute atomic E-state index is 12.7. The van der Waals surface area contributed by atoms with Gasteiger partial charge in [0.05, 0.1) is 12.2 Å². The van der Waals surface area contributed by atoms with Crippen molar-refractivity contribution in [1.29, 1.82) is 0 Å². The van der Waals surface area contributed by atoms with Crippen molar-refractivity contribution in [2.24, 2.45) is 0 Å². The largest absolute Gasteiger partial charge is 0.336 e. The third kappa shape index (κ3) is 3.11. The van der Waals surface area contributed by atoms with E-state index in [1.54, 1.807) is 4.68 Å². The lowest BCUT2D eigenvalue weighted by atomic mass is 10.1. The Morgan fingerprint density at radius 1 is 1.19 bits per heavy atom. The topological polar surface area (TPSA) is 89.9 Å². The van der Waals surface area contributed by atoms with Crippen LogP contribution in [0.25, 0.3) is 11.6 Å². The van der Waals surface area contributed by atoms with Crippen LogP contribution in [0.2, 0.25) is 0 Å². The molecule has 8 nitrogen and oxygen atoms in total. The Labute approximate surface area is 156 Å². The number of likely N-dealkylation sites (tertiary alicyclic amines) is 1. The first-order valence-electron chi connectivity index (χ1n) is 9.29. The average Bonchev–Trinajstić information content (AvgIpc) is 3.09. The Bertz CT molecular complexity index is 972. The molecule has 2 fully saturated rings. The highest BCUT2D eigenvalue weighted by Crippen LogP contribution is 2.38. The fourth-order valence-electron chi connectivity index (χ4n) is 3.42. The first-order valence-corrected chi connectivity index (χ1v) is 9.29. The van der Waals surface area contributed by atoms with E-state index in [0.717, 1.165) is 36.2 Å². The third-order valence-electron chi connectivity index (χ3n) is 5.24. The summed E-state index contributed by atoms with van der Waals surface area (Å²) < 4.78 is 7.12. The minimum Gasteiger partial charge on any atom is -0.336 e. The Morgan fingerprint density at radius 3 is 2.78 bits per heavy atom. The predicted octanol–water partition coefficient (Wildman–Crippen LogP) is 2.60. The molecule has 1 saturated heterocycles. The average molecular weight is 364 g/mol. The quantitative estimate of drug-likeness (QED) is 0.707. The molecular weight excluding hydrogens is 344 g/mol. The first-order chi connectivity index (χ1) is 13.2. The summed E-state index contributed by atoms with van der Waals surface area (Å²) in [7, 11) is 0. The SMILES string of the molecule is Cc1ccc(C(=O)N2CC[C@@H](n3cc(-c4nc(C5CC5)no4)nn3)C2)cc1. The molecule has 0 N–H and O–H groups in total. The molecule has 8 heteroatoms. The Balaban J connectivity index is 1.28. The molecule has 3 heterocycles. The van der Waals surface area contributed by atoms with Crippen molar-refractivity contribution in [3.63, 3.8) is 0 Å². The smallest absolute Gasteiger partial charge is 0.280 e. The molecule has 1 saturated carbocycles. The van der Waals surface area contributed by atoms with Gasteiger partial charge in [-0.2, -0.15) is 4.98 Å². The second-order valence-electron chi connectivity index (χ2n) is 7.38. The monoisotopic (exact) mass is 364 g/mol. The van der Waals surface area contributed by atoms with E-state index in [9.17, 15) is 4.79 Å². The summed E-state index contributed by atoms with van der Waals surface area (Å²) in [6.45, 7) is 3.34. The maximum atomic E-state index is 12.7. The van der Waals surface area contributed by atoms with Crippen LogP contribution in [0.5, 0.6) is 0 Å². The molecule has 1 atom stereocenters. The van der Waals surface area contributed by atoms with Crippen molar-refractivity contribution < 1.29 is 9.32 Å². The van der Waals surface area contributed by atoms with Crippen molar-refractivity contribution in [2.75, 3.05) is 13.1 Å². The number of carbonyl (C=O) groups is 1. The third-order valence-corrected chi connectivity index (χ3v) is 5.24. The van der Waals surface area contributed by atoms with Crippen LogP contribution in [-0.4, -0.2) is 49.0 Å². The van der Waals surface area contributed by atoms with E-state index in [4.69, 9.17) is 4.52 Å². The Kier molecular flexibility index (Phi) is 3.77. The number of rotatable bonds is 4. The van der Waals surface area contributed by atoms with Gasteiger partial charge in [-0.05, 0) is 38.3 Å². The van der Waals surface area contributed by atoms with Crippen LogP contribution in [0.15, 0.2) is 35.0 Å². The van der Waals surface area contributed by atoms with Crippen LogP contribution in [0.1, 0.15) is 53.0 Å². The van der Waals surface area contributed by atoms with E-state index < -0.39 is 0 Å². The molecule has 0 bridgehead atoms. The molecule has 2 aliphatic rings. The molecule has 1 amide bonds. The van der Waals surface area contributed by atoms with E-state index in [-0.39, 0.29) is 11.9 Å². The van der Waals surface area contributed by atoms with Crippen LogP contribution < -0.4 is 0 Å². The van der Waals surface area contributed by atoms with Gasteiger partial charge in [-0.3, -0.25) is 4.79 Å². The van der Waals surface area contributed by atoms with Crippen molar-refractivity contribution >= 4 is 5.91 Å². The lowest BCUT2D eigenvalue weighted by Crippen LogP contribution is -2.29. The molecule has 138 valence electrons. The molecule has 1 aliphatic carbocycles. The predicted molar refractivity (Wildman–Crippen MR) is 96.0 cm³/mol. The number of benzene rings is 1. The van der Waals surface area contributed by atoms with Gasteiger partial charge in [0.2, 0.25) is 0 Å². The first kappa shape index (κ1) is 16.2. The summed E-state index contributed by atoms with van der Waals surface area (Å²) in [6.07, 6.45) is 4.92. The van der Waals surface area contributed by atoms with Gasteiger partial charge >= 0.3 is 0 Å². The van der Waals surface area contributed by atoms with Crippen molar-refractivity contribution in [2.45, 2.75) is 38.1 Å². The highest BCUT2D eigenvalue weighted by molar-refractivity contribution is 5.94. The molecular formula is C19H20N6O2. The number of carbonyl (C=O) groups excluding carboxylic acids is 1. The van der Waals surface area contributed by atoms with Gasteiger partial charge in [0.25, 0.3) is 11.8 Å². The number of hydrogen-bond acceptors (Lipinski definition) is 6. The van der Waals surface area contributed by atoms with Crippen molar-refractivity contribution in [1.82, 2.24) is 30.0 Å². The zero-order valence-corrected chi connectivity index (χ0v) is 15.1. The van der Waals surface area contributed by atoms with Gasteiger partial charge in [-0.1, -0.05) is 28.1 Å². The number of nitrogens with zero attached hydrogens (tertiary/aromatic N) is 6. The molecule has 0 unspecified atom stereocenters. The number of aromatic nitrogens is 5. The van der Waals surface area contributed by atoms with Crippen LogP contribution in [-0.2, 0) is 0 Å². The number of hydrogen-bond donors (Lipinski definition) is 0. The van der Waals surface area contributed by atoms with E-state index in [1.807, 2.05) is 42.3 Å². The van der Waals surface area contributed by atoms with E-state index in [1.165, 1.54) is 0 Å². The maximum Gasteiger partial charge on any atom is 0.280 e. The minimum absolute atomic E-state index is 0.0591. The minimum atomic E-state index is 0.0591. The Morgan fingerprint density at radius 2 is 2.00 bits per heavy atom. The zero-order valence-electron chi connectivity index (χ0n) is 15.1.